The zero-order valence-corrected chi connectivity index (χ0v) is 17.1. The minimum absolute atomic E-state index is 0.0163. The van der Waals surface area contributed by atoms with Crippen LogP contribution in [0, 0.1) is 5.82 Å². The Morgan fingerprint density at radius 1 is 1.07 bits per heavy atom. The molecule has 0 bridgehead atoms. The van der Waals surface area contributed by atoms with Crippen molar-refractivity contribution in [1.82, 2.24) is 4.98 Å². The lowest BCUT2D eigenvalue weighted by Gasteiger charge is -2.14. The minimum atomic E-state index is -4.14. The van der Waals surface area contributed by atoms with Crippen LogP contribution in [0.3, 0.4) is 0 Å². The van der Waals surface area contributed by atoms with E-state index in [2.05, 4.69) is 31.0 Å². The van der Waals surface area contributed by atoms with E-state index in [1.54, 1.807) is 12.1 Å². The van der Waals surface area contributed by atoms with Crippen molar-refractivity contribution in [2.24, 2.45) is 0 Å². The summed E-state index contributed by atoms with van der Waals surface area (Å²) in [6, 6.07) is 12.3. The Bertz CT molecular complexity index is 1140. The van der Waals surface area contributed by atoms with Crippen molar-refractivity contribution in [3.63, 3.8) is 0 Å². The van der Waals surface area contributed by atoms with Gasteiger partial charge in [0.15, 0.2) is 0 Å². The maximum atomic E-state index is 13.7. The minimum Gasteiger partial charge on any atom is -0.319 e. The van der Waals surface area contributed by atoms with E-state index >= 15 is 0 Å². The lowest BCUT2D eigenvalue weighted by molar-refractivity contribution is 0.102. The second-order valence-corrected chi connectivity index (χ2v) is 8.51. The summed E-state index contributed by atoms with van der Waals surface area (Å²) in [5.74, 6) is -1.26. The lowest BCUT2D eigenvalue weighted by atomic mass is 10.2. The van der Waals surface area contributed by atoms with Gasteiger partial charge in [-0.25, -0.2) is 12.8 Å². The molecule has 10 heteroatoms. The molecule has 2 N–H and O–H groups in total. The summed E-state index contributed by atoms with van der Waals surface area (Å²) in [5, 5.41) is 2.50. The Morgan fingerprint density at radius 3 is 2.54 bits per heavy atom. The second-order valence-electron chi connectivity index (χ2n) is 5.54. The van der Waals surface area contributed by atoms with Crippen LogP contribution in [0.1, 0.15) is 10.5 Å². The van der Waals surface area contributed by atoms with Crippen molar-refractivity contribution in [1.29, 1.82) is 0 Å². The van der Waals surface area contributed by atoms with Gasteiger partial charge in [-0.15, -0.1) is 0 Å². The number of hydrogen-bond donors (Lipinski definition) is 2. The van der Waals surface area contributed by atoms with Gasteiger partial charge in [0.05, 0.1) is 16.4 Å². The molecule has 1 amide bonds. The molecular weight excluding hydrogens is 473 g/mol. The molecule has 0 saturated carbocycles. The fraction of sp³-hybridized carbons (Fsp3) is 0. The highest BCUT2D eigenvalue weighted by Gasteiger charge is 2.21. The van der Waals surface area contributed by atoms with Gasteiger partial charge in [0.25, 0.3) is 15.9 Å². The van der Waals surface area contributed by atoms with E-state index in [-0.39, 0.29) is 27.0 Å². The third kappa shape index (κ3) is 4.67. The Balaban J connectivity index is 1.93. The summed E-state index contributed by atoms with van der Waals surface area (Å²) in [4.78, 5) is 16.0. The lowest BCUT2D eigenvalue weighted by Crippen LogP contribution is -2.18. The molecule has 0 spiro atoms. The zero-order chi connectivity index (χ0) is 20.3. The fourth-order valence-corrected chi connectivity index (χ4v) is 4.40. The second kappa shape index (κ2) is 8.26. The van der Waals surface area contributed by atoms with Crippen LogP contribution in [0.2, 0.25) is 5.02 Å². The van der Waals surface area contributed by atoms with E-state index in [1.165, 1.54) is 36.5 Å². The van der Waals surface area contributed by atoms with E-state index < -0.39 is 21.7 Å². The smallest absolute Gasteiger partial charge is 0.274 e. The predicted molar refractivity (Wildman–Crippen MR) is 109 cm³/mol. The van der Waals surface area contributed by atoms with Gasteiger partial charge >= 0.3 is 0 Å². The highest BCUT2D eigenvalue weighted by Crippen LogP contribution is 2.30. The molecule has 0 radical (unpaired) electrons. The van der Waals surface area contributed by atoms with Gasteiger partial charge in [0.2, 0.25) is 0 Å². The van der Waals surface area contributed by atoms with Gasteiger partial charge in [-0.1, -0.05) is 33.6 Å². The van der Waals surface area contributed by atoms with Crippen molar-refractivity contribution >= 4 is 54.8 Å². The van der Waals surface area contributed by atoms with Gasteiger partial charge in [-0.3, -0.25) is 14.5 Å². The molecule has 1 aromatic heterocycles. The molecule has 144 valence electrons. The summed E-state index contributed by atoms with van der Waals surface area (Å²) >= 11 is 9.21. The largest absolute Gasteiger partial charge is 0.319 e. The van der Waals surface area contributed by atoms with Gasteiger partial charge in [-0.2, -0.15) is 0 Å². The molecule has 28 heavy (non-hydrogen) atoms. The van der Waals surface area contributed by atoms with E-state index in [0.717, 1.165) is 12.1 Å². The number of carbonyl (C=O) groups is 1. The number of halogens is 3. The number of carbonyl (C=O) groups excluding carboxylic acids is 1. The Labute approximate surface area is 173 Å². The molecule has 0 aliphatic carbocycles. The molecule has 3 aromatic rings. The fourth-order valence-electron chi connectivity index (χ4n) is 2.29. The summed E-state index contributed by atoms with van der Waals surface area (Å²) in [6.07, 6.45) is 1.44. The zero-order valence-electron chi connectivity index (χ0n) is 14.0. The van der Waals surface area contributed by atoms with E-state index in [1.807, 2.05) is 0 Å². The molecule has 0 saturated heterocycles. The van der Waals surface area contributed by atoms with Crippen LogP contribution in [0.25, 0.3) is 0 Å². The molecule has 0 atom stereocenters. The Hall–Kier alpha value is -2.49. The summed E-state index contributed by atoms with van der Waals surface area (Å²) in [5.41, 5.74) is 0.0358. The van der Waals surface area contributed by atoms with Gasteiger partial charge in [0.1, 0.15) is 16.4 Å². The molecule has 0 aliphatic rings. The highest BCUT2D eigenvalue weighted by atomic mass is 79.9. The van der Waals surface area contributed by atoms with Crippen molar-refractivity contribution in [3.8, 4) is 0 Å². The van der Waals surface area contributed by atoms with Crippen molar-refractivity contribution < 1.29 is 17.6 Å². The molecule has 3 rings (SSSR count). The summed E-state index contributed by atoms with van der Waals surface area (Å²) in [6.45, 7) is 0. The molecular formula is C18H12BrClFN3O3S. The first-order chi connectivity index (χ1) is 13.3. The monoisotopic (exact) mass is 483 g/mol. The third-order valence-corrected chi connectivity index (χ3v) is 5.90. The molecule has 0 aliphatic heterocycles. The van der Waals surface area contributed by atoms with Crippen LogP contribution in [0.4, 0.5) is 15.8 Å². The quantitative estimate of drug-likeness (QED) is 0.550. The topological polar surface area (TPSA) is 88.2 Å². The van der Waals surface area contributed by atoms with Crippen LogP contribution in [0.15, 0.2) is 70.2 Å². The number of rotatable bonds is 5. The SMILES string of the molecule is O=C(Nc1ccc(F)cc1NS(=O)(=O)c1ccc(Br)cc1Cl)c1ccccn1. The van der Waals surface area contributed by atoms with Crippen LogP contribution >= 0.6 is 27.5 Å². The maximum Gasteiger partial charge on any atom is 0.274 e. The van der Waals surface area contributed by atoms with Gasteiger partial charge in [0, 0.05) is 16.7 Å². The van der Waals surface area contributed by atoms with Gasteiger partial charge < -0.3 is 5.32 Å². The number of pyridine rings is 1. The summed E-state index contributed by atoms with van der Waals surface area (Å²) in [7, 11) is -4.14. The number of hydrogen-bond acceptors (Lipinski definition) is 4. The van der Waals surface area contributed by atoms with Crippen LogP contribution in [-0.2, 0) is 10.0 Å². The number of nitrogens with zero attached hydrogens (tertiary/aromatic N) is 1. The van der Waals surface area contributed by atoms with E-state index in [0.29, 0.717) is 4.47 Å². The number of sulfonamides is 1. The number of aromatic nitrogens is 1. The first-order valence-electron chi connectivity index (χ1n) is 7.76. The predicted octanol–water partition coefficient (Wildman–Crippen LogP) is 4.69. The Kier molecular flexibility index (Phi) is 5.97. The standard InChI is InChI=1S/C18H12BrClFN3O3S/c19-11-4-7-17(13(20)9-11)28(26,27)24-16-10-12(21)5-6-14(16)23-18(25)15-3-1-2-8-22-15/h1-10,24H,(H,23,25). The van der Waals surface area contributed by atoms with Crippen LogP contribution < -0.4 is 10.0 Å². The highest BCUT2D eigenvalue weighted by molar-refractivity contribution is 9.10. The molecule has 0 fully saturated rings. The van der Waals surface area contributed by atoms with Crippen molar-refractivity contribution in [3.05, 3.63) is 81.8 Å². The molecule has 1 heterocycles. The van der Waals surface area contributed by atoms with E-state index in [9.17, 15) is 17.6 Å². The number of anilines is 2. The number of nitrogens with one attached hydrogen (secondary N) is 2. The maximum absolute atomic E-state index is 13.7. The van der Waals surface area contributed by atoms with Crippen LogP contribution in [-0.4, -0.2) is 19.3 Å². The average molecular weight is 485 g/mol. The third-order valence-electron chi connectivity index (χ3n) is 3.56. The number of benzene rings is 2. The molecule has 6 nitrogen and oxygen atoms in total. The first kappa shape index (κ1) is 20.2. The van der Waals surface area contributed by atoms with Gasteiger partial charge in [-0.05, 0) is 42.5 Å². The molecule has 2 aromatic carbocycles. The first-order valence-corrected chi connectivity index (χ1v) is 10.4. The summed E-state index contributed by atoms with van der Waals surface area (Å²) < 4.78 is 42.0. The van der Waals surface area contributed by atoms with Crippen molar-refractivity contribution in [2.75, 3.05) is 10.0 Å². The van der Waals surface area contributed by atoms with E-state index in [4.69, 9.17) is 11.6 Å². The van der Waals surface area contributed by atoms with Crippen LogP contribution in [0.5, 0.6) is 0 Å². The normalized spacial score (nSPS) is 11.1. The number of amides is 1. The average Bonchev–Trinajstić information content (AvgIpc) is 2.64. The Morgan fingerprint density at radius 2 is 1.86 bits per heavy atom. The molecule has 0 unspecified atom stereocenters. The van der Waals surface area contributed by atoms with Crippen molar-refractivity contribution in [2.45, 2.75) is 4.90 Å².